The molecule has 0 aliphatic rings. The van der Waals surface area contributed by atoms with Crippen LogP contribution in [0.4, 0.5) is 8.78 Å². The molecule has 1 aromatic carbocycles. The summed E-state index contributed by atoms with van der Waals surface area (Å²) >= 11 is 1.58. The van der Waals surface area contributed by atoms with Crippen molar-refractivity contribution in [3.05, 3.63) is 57.9 Å². The zero-order chi connectivity index (χ0) is 17.4. The van der Waals surface area contributed by atoms with Gasteiger partial charge in [-0.2, -0.15) is 0 Å². The SMILES string of the molecule is Cc1cn2c(CN(C)C(=O)Cc3c(F)cccc3F)c(C)nc2s1. The van der Waals surface area contributed by atoms with Gasteiger partial charge in [-0.3, -0.25) is 9.20 Å². The number of aromatic nitrogens is 2. The minimum absolute atomic E-state index is 0.198. The van der Waals surface area contributed by atoms with Crippen LogP contribution in [0.3, 0.4) is 0 Å². The minimum atomic E-state index is -0.701. The summed E-state index contributed by atoms with van der Waals surface area (Å²) in [5, 5.41) is 0. The van der Waals surface area contributed by atoms with Crippen LogP contribution in [0, 0.1) is 25.5 Å². The Hall–Kier alpha value is -2.28. The summed E-state index contributed by atoms with van der Waals surface area (Å²) in [5.41, 5.74) is 1.55. The summed E-state index contributed by atoms with van der Waals surface area (Å²) in [6.07, 6.45) is 1.67. The zero-order valence-corrected chi connectivity index (χ0v) is 14.5. The second-order valence-corrected chi connectivity index (χ2v) is 6.98. The van der Waals surface area contributed by atoms with Crippen LogP contribution in [0.1, 0.15) is 21.8 Å². The van der Waals surface area contributed by atoms with Crippen molar-refractivity contribution < 1.29 is 13.6 Å². The highest BCUT2D eigenvalue weighted by molar-refractivity contribution is 7.17. The van der Waals surface area contributed by atoms with Gasteiger partial charge in [0.1, 0.15) is 11.6 Å². The lowest BCUT2D eigenvalue weighted by atomic mass is 10.1. The molecule has 0 bridgehead atoms. The molecule has 0 aliphatic carbocycles. The molecule has 0 fully saturated rings. The molecule has 0 atom stereocenters. The monoisotopic (exact) mass is 349 g/mol. The first-order chi connectivity index (χ1) is 11.4. The molecule has 3 rings (SSSR count). The molecule has 0 unspecified atom stereocenters. The van der Waals surface area contributed by atoms with Crippen LogP contribution in [0.25, 0.3) is 4.96 Å². The van der Waals surface area contributed by atoms with E-state index in [2.05, 4.69) is 4.98 Å². The van der Waals surface area contributed by atoms with E-state index in [1.165, 1.54) is 11.0 Å². The molecule has 0 radical (unpaired) electrons. The minimum Gasteiger partial charge on any atom is -0.340 e. The average molecular weight is 349 g/mol. The topological polar surface area (TPSA) is 37.6 Å². The number of nitrogens with zero attached hydrogens (tertiary/aromatic N) is 3. The predicted molar refractivity (Wildman–Crippen MR) is 89.1 cm³/mol. The van der Waals surface area contributed by atoms with E-state index in [0.29, 0.717) is 6.54 Å². The standard InChI is InChI=1S/C17H17F2N3OS/c1-10-8-22-15(11(2)20-17(22)24-10)9-21(3)16(23)7-12-13(18)5-4-6-14(12)19/h4-6,8H,7,9H2,1-3H3. The third-order valence-corrected chi connectivity index (χ3v) is 4.84. The molecule has 0 aliphatic heterocycles. The maximum atomic E-state index is 13.7. The molecule has 1 amide bonds. The Morgan fingerprint density at radius 3 is 2.62 bits per heavy atom. The van der Waals surface area contributed by atoms with Gasteiger partial charge in [0.05, 0.1) is 24.4 Å². The molecule has 0 saturated carbocycles. The summed E-state index contributed by atoms with van der Waals surface area (Å²) < 4.78 is 29.4. The maximum absolute atomic E-state index is 13.7. The van der Waals surface area contributed by atoms with Gasteiger partial charge < -0.3 is 4.90 Å². The first kappa shape index (κ1) is 16.6. The average Bonchev–Trinajstić information content (AvgIpc) is 3.00. The fraction of sp³-hybridized carbons (Fsp3) is 0.294. The Labute approximate surface area is 142 Å². The van der Waals surface area contributed by atoms with E-state index in [-0.39, 0.29) is 17.9 Å². The van der Waals surface area contributed by atoms with Gasteiger partial charge in [0.25, 0.3) is 0 Å². The Morgan fingerprint density at radius 1 is 1.29 bits per heavy atom. The summed E-state index contributed by atoms with van der Waals surface area (Å²) in [4.78, 5) is 20.3. The number of thiazole rings is 1. The first-order valence-electron chi connectivity index (χ1n) is 7.47. The highest BCUT2D eigenvalue weighted by atomic mass is 32.1. The lowest BCUT2D eigenvalue weighted by Gasteiger charge is -2.17. The second-order valence-electron chi connectivity index (χ2n) is 5.77. The van der Waals surface area contributed by atoms with Gasteiger partial charge in [-0.1, -0.05) is 6.07 Å². The van der Waals surface area contributed by atoms with Gasteiger partial charge in [-0.25, -0.2) is 13.8 Å². The third kappa shape index (κ3) is 3.03. The molecule has 24 heavy (non-hydrogen) atoms. The number of rotatable bonds is 4. The lowest BCUT2D eigenvalue weighted by molar-refractivity contribution is -0.129. The number of hydrogen-bond acceptors (Lipinski definition) is 3. The number of aryl methyl sites for hydroxylation is 2. The summed E-state index contributed by atoms with van der Waals surface area (Å²) in [5.74, 6) is -1.75. The summed E-state index contributed by atoms with van der Waals surface area (Å²) in [6, 6.07) is 3.60. The quantitative estimate of drug-likeness (QED) is 0.723. The Morgan fingerprint density at radius 2 is 1.96 bits per heavy atom. The molecule has 0 N–H and O–H groups in total. The van der Waals surface area contributed by atoms with Crippen LogP contribution in [-0.4, -0.2) is 27.2 Å². The number of fused-ring (bicyclic) bond motifs is 1. The normalized spacial score (nSPS) is 11.2. The Balaban J connectivity index is 1.80. The van der Waals surface area contributed by atoms with Crippen molar-refractivity contribution in [1.82, 2.24) is 14.3 Å². The van der Waals surface area contributed by atoms with Crippen LogP contribution in [0.5, 0.6) is 0 Å². The summed E-state index contributed by atoms with van der Waals surface area (Å²) in [7, 11) is 1.62. The number of halogens is 2. The van der Waals surface area contributed by atoms with Gasteiger partial charge in [-0.15, -0.1) is 11.3 Å². The molecule has 2 aromatic heterocycles. The van der Waals surface area contributed by atoms with Crippen molar-refractivity contribution in [2.75, 3.05) is 7.05 Å². The van der Waals surface area contributed by atoms with Gasteiger partial charge >= 0.3 is 0 Å². The molecule has 3 aromatic rings. The van der Waals surface area contributed by atoms with Crippen molar-refractivity contribution in [2.45, 2.75) is 26.8 Å². The van der Waals surface area contributed by atoms with E-state index in [1.54, 1.807) is 18.4 Å². The molecular weight excluding hydrogens is 332 g/mol. The van der Waals surface area contributed by atoms with Crippen LogP contribution >= 0.6 is 11.3 Å². The van der Waals surface area contributed by atoms with Gasteiger partial charge in [-0.05, 0) is 26.0 Å². The predicted octanol–water partition coefficient (Wildman–Crippen LogP) is 3.49. The number of imidazole rings is 1. The number of likely N-dealkylation sites (N-methyl/N-ethyl adjacent to an activating group) is 1. The number of carbonyl (C=O) groups excluding carboxylic acids is 1. The lowest BCUT2D eigenvalue weighted by Crippen LogP contribution is -2.29. The number of hydrogen-bond donors (Lipinski definition) is 0. The van der Waals surface area contributed by atoms with Crippen LogP contribution < -0.4 is 0 Å². The maximum Gasteiger partial charge on any atom is 0.227 e. The van der Waals surface area contributed by atoms with Crippen molar-refractivity contribution >= 4 is 22.2 Å². The number of amides is 1. The molecule has 7 heteroatoms. The van der Waals surface area contributed by atoms with E-state index in [1.807, 2.05) is 24.4 Å². The van der Waals surface area contributed by atoms with Crippen molar-refractivity contribution in [3.8, 4) is 0 Å². The highest BCUT2D eigenvalue weighted by Gasteiger charge is 2.19. The largest absolute Gasteiger partial charge is 0.340 e. The van der Waals surface area contributed by atoms with Crippen molar-refractivity contribution in [1.29, 1.82) is 0 Å². The molecular formula is C17H17F2N3OS. The first-order valence-corrected chi connectivity index (χ1v) is 8.29. The fourth-order valence-corrected chi connectivity index (χ4v) is 3.49. The van der Waals surface area contributed by atoms with Gasteiger partial charge in [0, 0.05) is 23.7 Å². The fourth-order valence-electron chi connectivity index (χ4n) is 2.60. The van der Waals surface area contributed by atoms with E-state index in [9.17, 15) is 13.6 Å². The van der Waals surface area contributed by atoms with Crippen molar-refractivity contribution in [3.63, 3.8) is 0 Å². The molecule has 4 nitrogen and oxygen atoms in total. The molecule has 0 spiro atoms. The molecule has 2 heterocycles. The highest BCUT2D eigenvalue weighted by Crippen LogP contribution is 2.22. The van der Waals surface area contributed by atoms with Crippen LogP contribution in [-0.2, 0) is 17.8 Å². The molecule has 0 saturated heterocycles. The van der Waals surface area contributed by atoms with E-state index >= 15 is 0 Å². The van der Waals surface area contributed by atoms with E-state index in [0.717, 1.165) is 33.4 Å². The molecule has 126 valence electrons. The van der Waals surface area contributed by atoms with E-state index in [4.69, 9.17) is 0 Å². The van der Waals surface area contributed by atoms with Crippen LogP contribution in [0.2, 0.25) is 0 Å². The van der Waals surface area contributed by atoms with Gasteiger partial charge in [0.2, 0.25) is 5.91 Å². The third-order valence-electron chi connectivity index (χ3n) is 3.94. The van der Waals surface area contributed by atoms with Gasteiger partial charge in [0.15, 0.2) is 4.96 Å². The van der Waals surface area contributed by atoms with Crippen LogP contribution in [0.15, 0.2) is 24.4 Å². The smallest absolute Gasteiger partial charge is 0.227 e. The Bertz CT molecular complexity index is 896. The zero-order valence-electron chi connectivity index (χ0n) is 13.6. The summed E-state index contributed by atoms with van der Waals surface area (Å²) in [6.45, 7) is 4.21. The van der Waals surface area contributed by atoms with E-state index < -0.39 is 11.6 Å². The second kappa shape index (κ2) is 6.32. The Kier molecular flexibility index (Phi) is 4.36. The van der Waals surface area contributed by atoms with Crippen molar-refractivity contribution in [2.24, 2.45) is 0 Å². The number of benzene rings is 1. The number of carbonyl (C=O) groups is 1.